The van der Waals surface area contributed by atoms with Crippen molar-refractivity contribution in [3.63, 3.8) is 0 Å². The third-order valence-electron chi connectivity index (χ3n) is 6.45. The van der Waals surface area contributed by atoms with Crippen LogP contribution in [0.1, 0.15) is 37.8 Å². The molecule has 0 aliphatic carbocycles. The fraction of sp³-hybridized carbons (Fsp3) is 0.333. The Kier molecular flexibility index (Phi) is 11.0. The maximum atomic E-state index is 14.0. The molecule has 2 amide bonds. The first kappa shape index (κ1) is 31.0. The van der Waals surface area contributed by atoms with Gasteiger partial charge in [0, 0.05) is 18.1 Å². The molecule has 0 aliphatic rings. The Balaban J connectivity index is 2.04. The lowest BCUT2D eigenvalue weighted by atomic mass is 10.1. The summed E-state index contributed by atoms with van der Waals surface area (Å²) in [5.41, 5.74) is 2.05. The number of carbonyl (C=O) groups excluding carboxylic acids is 2. The predicted octanol–water partition coefficient (Wildman–Crippen LogP) is 5.19. The highest BCUT2D eigenvalue weighted by molar-refractivity contribution is 7.92. The fourth-order valence-electron chi connectivity index (χ4n) is 4.19. The molecule has 0 bridgehead atoms. The average Bonchev–Trinajstić information content (AvgIpc) is 2.96. The second-order valence-corrected chi connectivity index (χ2v) is 11.7. The molecule has 3 aromatic carbocycles. The number of hydrogen-bond acceptors (Lipinski definition) is 5. The maximum absolute atomic E-state index is 14.0. The third-order valence-corrected chi connectivity index (χ3v) is 8.49. The molecular formula is C30H36ClN3O5S. The highest BCUT2D eigenvalue weighted by Crippen LogP contribution is 2.26. The summed E-state index contributed by atoms with van der Waals surface area (Å²) in [5, 5.41) is 3.42. The first-order valence-electron chi connectivity index (χ1n) is 13.2. The van der Waals surface area contributed by atoms with Crippen molar-refractivity contribution in [2.24, 2.45) is 0 Å². The average molecular weight is 586 g/mol. The number of methoxy groups -OCH3 is 1. The molecule has 1 atom stereocenters. The van der Waals surface area contributed by atoms with E-state index < -0.39 is 28.5 Å². The number of ether oxygens (including phenoxy) is 1. The summed E-state index contributed by atoms with van der Waals surface area (Å²) in [6, 6.07) is 19.1. The van der Waals surface area contributed by atoms with Crippen molar-refractivity contribution in [3.05, 3.63) is 88.9 Å². The number of anilines is 1. The van der Waals surface area contributed by atoms with Gasteiger partial charge in [-0.15, -0.1) is 0 Å². The van der Waals surface area contributed by atoms with E-state index in [4.69, 9.17) is 16.3 Å². The summed E-state index contributed by atoms with van der Waals surface area (Å²) < 4.78 is 34.1. The van der Waals surface area contributed by atoms with Gasteiger partial charge in [0.2, 0.25) is 11.8 Å². The molecule has 0 radical (unpaired) electrons. The van der Waals surface area contributed by atoms with Gasteiger partial charge in [0.1, 0.15) is 18.3 Å². The molecular weight excluding hydrogens is 550 g/mol. The first-order chi connectivity index (χ1) is 19.1. The number of carbonyl (C=O) groups is 2. The number of aryl methyl sites for hydroxylation is 1. The molecule has 0 fully saturated rings. The van der Waals surface area contributed by atoms with Crippen LogP contribution < -0.4 is 14.4 Å². The molecule has 40 heavy (non-hydrogen) atoms. The van der Waals surface area contributed by atoms with Gasteiger partial charge in [-0.3, -0.25) is 13.9 Å². The summed E-state index contributed by atoms with van der Waals surface area (Å²) in [7, 11) is -2.66. The number of rotatable bonds is 13. The molecule has 214 valence electrons. The van der Waals surface area contributed by atoms with Crippen LogP contribution in [0.3, 0.4) is 0 Å². The van der Waals surface area contributed by atoms with E-state index in [1.165, 1.54) is 24.1 Å². The Hall–Kier alpha value is -3.56. The van der Waals surface area contributed by atoms with E-state index >= 15 is 0 Å². The van der Waals surface area contributed by atoms with Crippen LogP contribution in [0.2, 0.25) is 5.02 Å². The van der Waals surface area contributed by atoms with Gasteiger partial charge >= 0.3 is 0 Å². The van der Waals surface area contributed by atoms with E-state index in [1.807, 2.05) is 20.8 Å². The lowest BCUT2D eigenvalue weighted by molar-refractivity contribution is -0.140. The lowest BCUT2D eigenvalue weighted by Crippen LogP contribution is -2.52. The zero-order valence-corrected chi connectivity index (χ0v) is 24.8. The van der Waals surface area contributed by atoms with E-state index in [9.17, 15) is 18.0 Å². The van der Waals surface area contributed by atoms with Crippen molar-refractivity contribution in [2.75, 3.05) is 24.5 Å². The van der Waals surface area contributed by atoms with Crippen LogP contribution in [0.5, 0.6) is 5.75 Å². The van der Waals surface area contributed by atoms with Crippen LogP contribution in [0.4, 0.5) is 5.69 Å². The Bertz CT molecular complexity index is 1380. The maximum Gasteiger partial charge on any atom is 0.264 e. The Morgan fingerprint density at radius 1 is 0.950 bits per heavy atom. The van der Waals surface area contributed by atoms with Crippen LogP contribution in [0, 0.1) is 6.92 Å². The van der Waals surface area contributed by atoms with Crippen molar-refractivity contribution in [1.82, 2.24) is 10.2 Å². The van der Waals surface area contributed by atoms with Crippen LogP contribution in [0.25, 0.3) is 0 Å². The summed E-state index contributed by atoms with van der Waals surface area (Å²) in [5.74, 6) is -0.285. The molecule has 0 heterocycles. The number of benzene rings is 3. The van der Waals surface area contributed by atoms with E-state index in [-0.39, 0.29) is 17.3 Å². The largest absolute Gasteiger partial charge is 0.497 e. The minimum atomic E-state index is -4.15. The summed E-state index contributed by atoms with van der Waals surface area (Å²) in [4.78, 5) is 28.6. The van der Waals surface area contributed by atoms with Crippen molar-refractivity contribution in [1.29, 1.82) is 0 Å². The monoisotopic (exact) mass is 585 g/mol. The Morgan fingerprint density at radius 2 is 1.57 bits per heavy atom. The standard InChI is InChI=1S/C30H36ClN3O5S/c1-5-19-32-30(36)28(6-2)33(20-23-9-11-24(31)12-10-23)29(35)21-34(25-13-7-22(3)8-14-25)40(37,38)27-17-15-26(39-4)16-18-27/h7-18,28H,5-6,19-21H2,1-4H3,(H,32,36). The lowest BCUT2D eigenvalue weighted by Gasteiger charge is -2.33. The van der Waals surface area contributed by atoms with Crippen LogP contribution in [-0.4, -0.2) is 51.4 Å². The number of halogens is 1. The third kappa shape index (κ3) is 7.76. The molecule has 0 spiro atoms. The van der Waals surface area contributed by atoms with Crippen molar-refractivity contribution in [2.45, 2.75) is 51.1 Å². The zero-order chi connectivity index (χ0) is 29.3. The summed E-state index contributed by atoms with van der Waals surface area (Å²) in [6.45, 7) is 5.75. The SMILES string of the molecule is CCCNC(=O)C(CC)N(Cc1ccc(Cl)cc1)C(=O)CN(c1ccc(C)cc1)S(=O)(=O)c1ccc(OC)cc1. The van der Waals surface area contributed by atoms with Crippen molar-refractivity contribution >= 4 is 39.1 Å². The highest BCUT2D eigenvalue weighted by Gasteiger charge is 2.33. The number of hydrogen-bond donors (Lipinski definition) is 1. The number of nitrogens with one attached hydrogen (secondary N) is 1. The summed E-state index contributed by atoms with van der Waals surface area (Å²) >= 11 is 6.06. The van der Waals surface area contributed by atoms with Gasteiger partial charge in [-0.2, -0.15) is 0 Å². The number of amides is 2. The molecule has 8 nitrogen and oxygen atoms in total. The molecule has 0 saturated heterocycles. The van der Waals surface area contributed by atoms with Gasteiger partial charge < -0.3 is 15.0 Å². The first-order valence-corrected chi connectivity index (χ1v) is 15.0. The van der Waals surface area contributed by atoms with Gasteiger partial charge in [-0.25, -0.2) is 8.42 Å². The van der Waals surface area contributed by atoms with Gasteiger partial charge in [0.15, 0.2) is 0 Å². The van der Waals surface area contributed by atoms with Gasteiger partial charge in [-0.05, 0) is 73.9 Å². The molecule has 10 heteroatoms. The van der Waals surface area contributed by atoms with Crippen LogP contribution in [0.15, 0.2) is 77.7 Å². The van der Waals surface area contributed by atoms with E-state index in [1.54, 1.807) is 60.7 Å². The molecule has 0 aliphatic heterocycles. The number of sulfonamides is 1. The molecule has 3 rings (SSSR count). The highest BCUT2D eigenvalue weighted by atomic mass is 35.5. The van der Waals surface area contributed by atoms with Gasteiger partial charge in [0.05, 0.1) is 17.7 Å². The molecule has 1 N–H and O–H groups in total. The zero-order valence-electron chi connectivity index (χ0n) is 23.3. The van der Waals surface area contributed by atoms with Crippen molar-refractivity contribution < 1.29 is 22.7 Å². The molecule has 1 unspecified atom stereocenters. The molecule has 3 aromatic rings. The topological polar surface area (TPSA) is 96.0 Å². The second kappa shape index (κ2) is 14.2. The van der Waals surface area contributed by atoms with E-state index in [2.05, 4.69) is 5.32 Å². The minimum absolute atomic E-state index is 0.0126. The normalized spacial score (nSPS) is 11.9. The van der Waals surface area contributed by atoms with Gasteiger partial charge in [-0.1, -0.05) is 55.3 Å². The van der Waals surface area contributed by atoms with Crippen LogP contribution in [-0.2, 0) is 26.2 Å². The quantitative estimate of drug-likeness (QED) is 0.298. The predicted molar refractivity (Wildman–Crippen MR) is 158 cm³/mol. The molecule has 0 saturated carbocycles. The Labute approximate surface area is 241 Å². The number of nitrogens with zero attached hydrogens (tertiary/aromatic N) is 2. The van der Waals surface area contributed by atoms with Crippen LogP contribution >= 0.6 is 11.6 Å². The second-order valence-electron chi connectivity index (χ2n) is 9.39. The van der Waals surface area contributed by atoms with Crippen molar-refractivity contribution in [3.8, 4) is 5.75 Å². The van der Waals surface area contributed by atoms with Gasteiger partial charge in [0.25, 0.3) is 10.0 Å². The fourth-order valence-corrected chi connectivity index (χ4v) is 5.73. The Morgan fingerprint density at radius 3 is 2.12 bits per heavy atom. The smallest absolute Gasteiger partial charge is 0.264 e. The summed E-state index contributed by atoms with van der Waals surface area (Å²) in [6.07, 6.45) is 1.10. The molecule has 0 aromatic heterocycles. The van der Waals surface area contributed by atoms with E-state index in [0.29, 0.717) is 29.4 Å². The minimum Gasteiger partial charge on any atom is -0.497 e. The van der Waals surface area contributed by atoms with E-state index in [0.717, 1.165) is 21.9 Å².